The fourth-order valence-corrected chi connectivity index (χ4v) is 1.65. The third-order valence-electron chi connectivity index (χ3n) is 2.78. The average Bonchev–Trinajstić information content (AvgIpc) is 2.53. The molecule has 1 amide bonds. The van der Waals surface area contributed by atoms with Crippen molar-refractivity contribution in [2.45, 2.75) is 6.92 Å². The van der Waals surface area contributed by atoms with Gasteiger partial charge in [-0.25, -0.2) is 4.79 Å². The topological polar surface area (TPSA) is 93.8 Å². The highest BCUT2D eigenvalue weighted by molar-refractivity contribution is 5.99. The Hall–Kier alpha value is -3.22. The summed E-state index contributed by atoms with van der Waals surface area (Å²) in [6.45, 7) is 1.64. The Kier molecular flexibility index (Phi) is 4.81. The first-order valence-corrected chi connectivity index (χ1v) is 6.39. The van der Waals surface area contributed by atoms with E-state index < -0.39 is 11.0 Å². The molecule has 0 unspecified atom stereocenters. The molecule has 1 N–H and O–H groups in total. The summed E-state index contributed by atoms with van der Waals surface area (Å²) in [6.07, 6.45) is -0.715. The van der Waals surface area contributed by atoms with Gasteiger partial charge >= 0.3 is 6.09 Å². The molecule has 0 aliphatic carbocycles. The van der Waals surface area contributed by atoms with Crippen LogP contribution >= 0.6 is 0 Å². The van der Waals surface area contributed by atoms with Crippen molar-refractivity contribution in [3.63, 3.8) is 0 Å². The number of rotatable bonds is 4. The predicted molar refractivity (Wildman–Crippen MR) is 81.9 cm³/mol. The summed E-state index contributed by atoms with van der Waals surface area (Å²) in [4.78, 5) is 26.4. The van der Waals surface area contributed by atoms with Crippen molar-refractivity contribution < 1.29 is 14.6 Å². The highest BCUT2D eigenvalue weighted by atomic mass is 16.7. The number of nitro benzene ring substituents is 1. The van der Waals surface area contributed by atoms with E-state index in [0.29, 0.717) is 17.0 Å². The molecule has 0 fully saturated rings. The van der Waals surface area contributed by atoms with E-state index in [1.807, 2.05) is 6.07 Å². The quantitative estimate of drug-likeness (QED) is 0.404. The molecule has 0 heterocycles. The van der Waals surface area contributed by atoms with Gasteiger partial charge < -0.3 is 0 Å². The van der Waals surface area contributed by atoms with Gasteiger partial charge in [-0.15, -0.1) is 0 Å². The molecule has 0 saturated carbocycles. The third kappa shape index (κ3) is 4.14. The van der Waals surface area contributed by atoms with Crippen molar-refractivity contribution in [1.82, 2.24) is 0 Å². The van der Waals surface area contributed by atoms with Crippen LogP contribution in [0.2, 0.25) is 0 Å². The van der Waals surface area contributed by atoms with Gasteiger partial charge in [0.25, 0.3) is 5.69 Å². The fraction of sp³-hybridized carbons (Fsp3) is 0.0667. The van der Waals surface area contributed by atoms with Crippen LogP contribution in [0.3, 0.4) is 0 Å². The lowest BCUT2D eigenvalue weighted by Gasteiger charge is -2.03. The third-order valence-corrected chi connectivity index (χ3v) is 2.78. The number of amides is 1. The number of hydrogen-bond donors (Lipinski definition) is 1. The molecular formula is C15H13N3O4. The second-order valence-corrected chi connectivity index (χ2v) is 4.35. The molecular weight excluding hydrogens is 286 g/mol. The highest BCUT2D eigenvalue weighted by Gasteiger charge is 2.07. The number of anilines is 1. The van der Waals surface area contributed by atoms with Gasteiger partial charge in [-0.05, 0) is 36.8 Å². The minimum atomic E-state index is -0.715. The minimum absolute atomic E-state index is 0.0145. The number of non-ortho nitro benzene ring substituents is 1. The molecule has 2 rings (SSSR count). The van der Waals surface area contributed by atoms with Crippen LogP contribution in [-0.2, 0) is 4.84 Å². The van der Waals surface area contributed by atoms with Gasteiger partial charge in [0.05, 0.1) is 10.6 Å². The van der Waals surface area contributed by atoms with Gasteiger partial charge in [0.15, 0.2) is 0 Å². The van der Waals surface area contributed by atoms with Crippen molar-refractivity contribution in [1.29, 1.82) is 0 Å². The zero-order chi connectivity index (χ0) is 15.9. The second-order valence-electron chi connectivity index (χ2n) is 4.35. The fourth-order valence-electron chi connectivity index (χ4n) is 1.65. The molecule has 0 saturated heterocycles. The zero-order valence-electron chi connectivity index (χ0n) is 11.7. The van der Waals surface area contributed by atoms with Crippen LogP contribution in [-0.4, -0.2) is 16.7 Å². The summed E-state index contributed by atoms with van der Waals surface area (Å²) < 4.78 is 0. The Morgan fingerprint density at radius 3 is 2.36 bits per heavy atom. The number of hydrogen-bond acceptors (Lipinski definition) is 5. The standard InChI is InChI=1S/C15H13N3O4/c1-11(12-7-9-14(10-8-12)18(20)21)17-22-15(19)16-13-5-3-2-4-6-13/h2-10H,1H3,(H,16,19). The Labute approximate surface area is 126 Å². The number of nitro groups is 1. The van der Waals surface area contributed by atoms with Gasteiger partial charge in [0.1, 0.15) is 0 Å². The van der Waals surface area contributed by atoms with Crippen molar-refractivity contribution in [2.24, 2.45) is 5.16 Å². The van der Waals surface area contributed by atoms with Crippen LogP contribution in [0.1, 0.15) is 12.5 Å². The van der Waals surface area contributed by atoms with Crippen molar-refractivity contribution in [3.05, 3.63) is 70.3 Å². The highest BCUT2D eigenvalue weighted by Crippen LogP contribution is 2.13. The monoisotopic (exact) mass is 299 g/mol. The number of carbonyl (C=O) groups excluding carboxylic acids is 1. The van der Waals surface area contributed by atoms with Gasteiger partial charge in [-0.3, -0.25) is 20.3 Å². The van der Waals surface area contributed by atoms with E-state index in [1.165, 1.54) is 24.3 Å². The molecule has 0 radical (unpaired) electrons. The van der Waals surface area contributed by atoms with Crippen LogP contribution in [0.15, 0.2) is 59.8 Å². The molecule has 2 aromatic rings. The van der Waals surface area contributed by atoms with Gasteiger partial charge in [-0.1, -0.05) is 23.4 Å². The van der Waals surface area contributed by atoms with E-state index in [9.17, 15) is 14.9 Å². The maximum absolute atomic E-state index is 11.6. The minimum Gasteiger partial charge on any atom is -0.298 e. The predicted octanol–water partition coefficient (Wildman–Crippen LogP) is 3.57. The maximum atomic E-state index is 11.6. The summed E-state index contributed by atoms with van der Waals surface area (Å²) in [6, 6.07) is 14.6. The lowest BCUT2D eigenvalue weighted by Crippen LogP contribution is -2.11. The lowest BCUT2D eigenvalue weighted by atomic mass is 10.1. The van der Waals surface area contributed by atoms with Gasteiger partial charge in [0, 0.05) is 17.8 Å². The van der Waals surface area contributed by atoms with Crippen LogP contribution in [0.5, 0.6) is 0 Å². The van der Waals surface area contributed by atoms with Crippen LogP contribution < -0.4 is 5.32 Å². The molecule has 22 heavy (non-hydrogen) atoms. The number of oxime groups is 1. The molecule has 0 atom stereocenters. The van der Waals surface area contributed by atoms with Crippen molar-refractivity contribution >= 4 is 23.2 Å². The molecule has 0 aromatic heterocycles. The lowest BCUT2D eigenvalue weighted by molar-refractivity contribution is -0.384. The largest absolute Gasteiger partial charge is 0.437 e. The summed E-state index contributed by atoms with van der Waals surface area (Å²) in [7, 11) is 0. The average molecular weight is 299 g/mol. The van der Waals surface area contributed by atoms with Crippen LogP contribution in [0, 0.1) is 10.1 Å². The van der Waals surface area contributed by atoms with E-state index in [-0.39, 0.29) is 5.69 Å². The number of nitrogens with zero attached hydrogens (tertiary/aromatic N) is 2. The normalized spacial score (nSPS) is 10.9. The first kappa shape index (κ1) is 15.2. The number of benzene rings is 2. The van der Waals surface area contributed by atoms with Crippen LogP contribution in [0.25, 0.3) is 0 Å². The van der Waals surface area contributed by atoms with Gasteiger partial charge in [-0.2, -0.15) is 0 Å². The van der Waals surface area contributed by atoms with E-state index in [0.717, 1.165) is 0 Å². The molecule has 0 aliphatic heterocycles. The summed E-state index contributed by atoms with van der Waals surface area (Å²) in [5, 5.41) is 16.8. The molecule has 0 aliphatic rings. The van der Waals surface area contributed by atoms with Crippen LogP contribution in [0.4, 0.5) is 16.2 Å². The number of para-hydroxylation sites is 1. The van der Waals surface area contributed by atoms with E-state index in [2.05, 4.69) is 10.5 Å². The molecule has 0 bridgehead atoms. The first-order chi connectivity index (χ1) is 10.6. The van der Waals surface area contributed by atoms with Crippen molar-refractivity contribution in [2.75, 3.05) is 5.32 Å². The molecule has 7 nitrogen and oxygen atoms in total. The Bertz CT molecular complexity index is 696. The summed E-state index contributed by atoms with van der Waals surface area (Å²) >= 11 is 0. The van der Waals surface area contributed by atoms with Gasteiger partial charge in [0.2, 0.25) is 0 Å². The molecule has 7 heteroatoms. The summed E-state index contributed by atoms with van der Waals surface area (Å²) in [5.74, 6) is 0. The maximum Gasteiger partial charge on any atom is 0.437 e. The van der Waals surface area contributed by atoms with Crippen molar-refractivity contribution in [3.8, 4) is 0 Å². The first-order valence-electron chi connectivity index (χ1n) is 6.39. The Morgan fingerprint density at radius 1 is 1.14 bits per heavy atom. The second kappa shape index (κ2) is 6.98. The summed E-state index contributed by atoms with van der Waals surface area (Å²) in [5.41, 5.74) is 1.63. The van der Waals surface area contributed by atoms with E-state index in [4.69, 9.17) is 4.84 Å². The molecule has 112 valence electrons. The van der Waals surface area contributed by atoms with E-state index in [1.54, 1.807) is 31.2 Å². The SMILES string of the molecule is CC(=NOC(=O)Nc1ccccc1)c1ccc([N+](=O)[O-])cc1. The number of carbonyl (C=O) groups is 1. The Morgan fingerprint density at radius 2 is 1.77 bits per heavy atom. The Balaban J connectivity index is 1.97. The smallest absolute Gasteiger partial charge is 0.298 e. The van der Waals surface area contributed by atoms with E-state index >= 15 is 0 Å². The molecule has 2 aromatic carbocycles. The molecule has 0 spiro atoms. The zero-order valence-corrected chi connectivity index (χ0v) is 11.7. The number of nitrogens with one attached hydrogen (secondary N) is 1.